The number of carbonyl (C=O) groups is 1. The van der Waals surface area contributed by atoms with E-state index < -0.39 is 5.79 Å². The standard InChI is InChI=1S/C32H44O3/c1-6-7-24-18-25-19-32(34,35-20-23-10-8-21(2)9-11-23)17-16-30(25,4)28-14-15-31(5)26(22(3)33)12-13-27(31)29(24)28/h6,8-11,18,24,26-29,34H,1,7,12-17,19-20H2,2-5H3. The van der Waals surface area contributed by atoms with Crippen LogP contribution in [0.4, 0.5) is 0 Å². The van der Waals surface area contributed by atoms with E-state index in [1.807, 2.05) is 6.92 Å². The van der Waals surface area contributed by atoms with E-state index in [1.54, 1.807) is 0 Å². The molecule has 3 saturated carbocycles. The molecule has 0 bridgehead atoms. The van der Waals surface area contributed by atoms with Gasteiger partial charge in [0.2, 0.25) is 0 Å². The van der Waals surface area contributed by atoms with Crippen molar-refractivity contribution in [1.82, 2.24) is 0 Å². The summed E-state index contributed by atoms with van der Waals surface area (Å²) in [5, 5.41) is 11.5. The zero-order chi connectivity index (χ0) is 25.0. The number of ketones is 1. The highest BCUT2D eigenvalue weighted by molar-refractivity contribution is 5.79. The van der Waals surface area contributed by atoms with Crippen LogP contribution in [0, 0.1) is 47.3 Å². The molecule has 0 spiro atoms. The fraction of sp³-hybridized carbons (Fsp3) is 0.656. The van der Waals surface area contributed by atoms with Crippen LogP contribution in [0.15, 0.2) is 48.6 Å². The summed E-state index contributed by atoms with van der Waals surface area (Å²) in [5.74, 6) is 1.77. The molecular formula is C32H44O3. The molecule has 0 aliphatic heterocycles. The molecule has 190 valence electrons. The Morgan fingerprint density at radius 1 is 1.11 bits per heavy atom. The Labute approximate surface area is 212 Å². The lowest BCUT2D eigenvalue weighted by Crippen LogP contribution is -2.55. The Bertz CT molecular complexity index is 1010. The van der Waals surface area contributed by atoms with Crippen LogP contribution in [0.2, 0.25) is 0 Å². The molecule has 0 radical (unpaired) electrons. The van der Waals surface area contributed by atoms with Crippen molar-refractivity contribution in [3.05, 3.63) is 59.7 Å². The fourth-order valence-corrected chi connectivity index (χ4v) is 8.89. The molecule has 4 aliphatic rings. The van der Waals surface area contributed by atoms with Crippen molar-refractivity contribution in [3.63, 3.8) is 0 Å². The summed E-state index contributed by atoms with van der Waals surface area (Å²) in [6, 6.07) is 8.37. The molecule has 8 unspecified atom stereocenters. The van der Waals surface area contributed by atoms with Crippen LogP contribution in [0.3, 0.4) is 0 Å². The number of allylic oxidation sites excluding steroid dienone is 2. The summed E-state index contributed by atoms with van der Waals surface area (Å²) in [5.41, 5.74) is 3.98. The maximum absolute atomic E-state index is 12.5. The van der Waals surface area contributed by atoms with E-state index in [0.29, 0.717) is 48.9 Å². The maximum Gasteiger partial charge on any atom is 0.169 e. The summed E-state index contributed by atoms with van der Waals surface area (Å²) < 4.78 is 6.20. The molecule has 1 aromatic rings. The van der Waals surface area contributed by atoms with Gasteiger partial charge in [0.05, 0.1) is 6.61 Å². The Morgan fingerprint density at radius 3 is 2.54 bits per heavy atom. The molecular weight excluding hydrogens is 432 g/mol. The van der Waals surface area contributed by atoms with Crippen molar-refractivity contribution in [2.75, 3.05) is 0 Å². The molecule has 0 aromatic heterocycles. The van der Waals surface area contributed by atoms with Gasteiger partial charge in [0.25, 0.3) is 0 Å². The second-order valence-corrected chi connectivity index (χ2v) is 12.8. The van der Waals surface area contributed by atoms with E-state index >= 15 is 0 Å². The molecule has 35 heavy (non-hydrogen) atoms. The van der Waals surface area contributed by atoms with Crippen LogP contribution in [-0.4, -0.2) is 16.7 Å². The molecule has 1 N–H and O–H groups in total. The van der Waals surface area contributed by atoms with Crippen molar-refractivity contribution in [2.24, 2.45) is 40.4 Å². The quantitative estimate of drug-likeness (QED) is 0.350. The zero-order valence-corrected chi connectivity index (χ0v) is 22.2. The molecule has 0 amide bonds. The highest BCUT2D eigenvalue weighted by Gasteiger charge is 2.62. The second-order valence-electron chi connectivity index (χ2n) is 12.8. The first kappa shape index (κ1) is 25.0. The van der Waals surface area contributed by atoms with Gasteiger partial charge >= 0.3 is 0 Å². The highest BCUT2D eigenvalue weighted by Crippen LogP contribution is 2.68. The third-order valence-electron chi connectivity index (χ3n) is 10.9. The summed E-state index contributed by atoms with van der Waals surface area (Å²) in [6.07, 6.45) is 12.4. The first-order chi connectivity index (χ1) is 16.6. The fourth-order valence-electron chi connectivity index (χ4n) is 8.89. The van der Waals surface area contributed by atoms with Crippen molar-refractivity contribution >= 4 is 5.78 Å². The van der Waals surface area contributed by atoms with Crippen molar-refractivity contribution in [3.8, 4) is 0 Å². The summed E-state index contributed by atoms with van der Waals surface area (Å²) in [7, 11) is 0. The van der Waals surface area contributed by atoms with Gasteiger partial charge in [-0.3, -0.25) is 4.79 Å². The molecule has 0 saturated heterocycles. The van der Waals surface area contributed by atoms with Gasteiger partial charge in [0.1, 0.15) is 5.78 Å². The third kappa shape index (κ3) is 4.17. The second kappa shape index (κ2) is 8.99. The first-order valence-corrected chi connectivity index (χ1v) is 13.8. The molecule has 0 heterocycles. The number of ether oxygens (including phenoxy) is 1. The Hall–Kier alpha value is -1.71. The molecule has 5 rings (SSSR count). The number of fused-ring (bicyclic) bond motifs is 5. The smallest absolute Gasteiger partial charge is 0.169 e. The monoisotopic (exact) mass is 476 g/mol. The molecule has 3 heteroatoms. The minimum Gasteiger partial charge on any atom is -0.365 e. The minimum absolute atomic E-state index is 0.109. The van der Waals surface area contributed by atoms with Crippen LogP contribution < -0.4 is 0 Å². The van der Waals surface area contributed by atoms with E-state index in [-0.39, 0.29) is 16.7 Å². The molecule has 1 aromatic carbocycles. The predicted octanol–water partition coefficient (Wildman–Crippen LogP) is 7.17. The first-order valence-electron chi connectivity index (χ1n) is 13.8. The van der Waals surface area contributed by atoms with Crippen molar-refractivity contribution < 1.29 is 14.6 Å². The number of Topliss-reactive ketones (excluding diaryl/α,β-unsaturated/α-hetero) is 1. The van der Waals surface area contributed by atoms with Gasteiger partial charge in [0, 0.05) is 18.8 Å². The number of aryl methyl sites for hydroxylation is 1. The van der Waals surface area contributed by atoms with Crippen LogP contribution in [0.25, 0.3) is 0 Å². The van der Waals surface area contributed by atoms with E-state index in [1.165, 1.54) is 24.0 Å². The normalized spacial score (nSPS) is 42.4. The molecule has 3 fully saturated rings. The van der Waals surface area contributed by atoms with Crippen LogP contribution in [-0.2, 0) is 16.1 Å². The van der Waals surface area contributed by atoms with Gasteiger partial charge in [-0.1, -0.05) is 61.4 Å². The van der Waals surface area contributed by atoms with Gasteiger partial charge in [0.15, 0.2) is 5.79 Å². The van der Waals surface area contributed by atoms with Crippen molar-refractivity contribution in [1.29, 1.82) is 0 Å². The average Bonchev–Trinajstić information content (AvgIpc) is 3.17. The van der Waals surface area contributed by atoms with Gasteiger partial charge in [-0.2, -0.15) is 0 Å². The lowest BCUT2D eigenvalue weighted by Gasteiger charge is -2.60. The summed E-state index contributed by atoms with van der Waals surface area (Å²) in [4.78, 5) is 12.5. The lowest BCUT2D eigenvalue weighted by molar-refractivity contribution is -0.232. The van der Waals surface area contributed by atoms with Gasteiger partial charge in [-0.15, -0.1) is 6.58 Å². The van der Waals surface area contributed by atoms with Gasteiger partial charge < -0.3 is 9.84 Å². The van der Waals surface area contributed by atoms with E-state index in [9.17, 15) is 9.90 Å². The molecule has 3 nitrogen and oxygen atoms in total. The average molecular weight is 477 g/mol. The number of rotatable bonds is 6. The van der Waals surface area contributed by atoms with Crippen LogP contribution >= 0.6 is 0 Å². The number of aliphatic hydroxyl groups is 1. The van der Waals surface area contributed by atoms with Gasteiger partial charge in [-0.05, 0) is 92.4 Å². The van der Waals surface area contributed by atoms with Crippen LogP contribution in [0.5, 0.6) is 0 Å². The number of hydrogen-bond donors (Lipinski definition) is 1. The largest absolute Gasteiger partial charge is 0.365 e. The summed E-state index contributed by atoms with van der Waals surface area (Å²) >= 11 is 0. The SMILES string of the molecule is C=CCC1C=C2CC(O)(OCc3ccc(C)cc3)CCC2(C)C2CCC3(C)C(C(C)=O)CCC3C12. The van der Waals surface area contributed by atoms with Crippen molar-refractivity contribution in [2.45, 2.75) is 91.5 Å². The predicted molar refractivity (Wildman–Crippen MR) is 140 cm³/mol. The number of hydrogen-bond acceptors (Lipinski definition) is 3. The zero-order valence-electron chi connectivity index (χ0n) is 22.2. The van der Waals surface area contributed by atoms with Crippen LogP contribution in [0.1, 0.15) is 83.3 Å². The Balaban J connectivity index is 1.41. The summed E-state index contributed by atoms with van der Waals surface area (Å²) in [6.45, 7) is 13.3. The maximum atomic E-state index is 12.5. The Morgan fingerprint density at radius 2 is 1.86 bits per heavy atom. The number of benzene rings is 1. The van der Waals surface area contributed by atoms with E-state index in [0.717, 1.165) is 31.2 Å². The third-order valence-corrected chi connectivity index (χ3v) is 10.9. The number of carbonyl (C=O) groups excluding carboxylic acids is 1. The van der Waals surface area contributed by atoms with E-state index in [4.69, 9.17) is 4.74 Å². The van der Waals surface area contributed by atoms with Gasteiger partial charge in [-0.25, -0.2) is 0 Å². The Kier molecular flexibility index (Phi) is 6.41. The molecule has 4 aliphatic carbocycles. The molecule has 8 atom stereocenters. The minimum atomic E-state index is -1.10. The highest BCUT2D eigenvalue weighted by atomic mass is 16.6. The topological polar surface area (TPSA) is 46.5 Å². The lowest BCUT2D eigenvalue weighted by atomic mass is 9.45. The van der Waals surface area contributed by atoms with E-state index in [2.05, 4.69) is 63.8 Å².